The minimum absolute atomic E-state index is 0.0144. The molecule has 1 unspecified atom stereocenters. The first-order valence-corrected chi connectivity index (χ1v) is 9.25. The van der Waals surface area contributed by atoms with Crippen LogP contribution in [-0.4, -0.2) is 51.7 Å². The van der Waals surface area contributed by atoms with Crippen molar-refractivity contribution in [1.29, 1.82) is 0 Å². The van der Waals surface area contributed by atoms with Crippen LogP contribution in [0.3, 0.4) is 0 Å². The summed E-state index contributed by atoms with van der Waals surface area (Å²) < 4.78 is 0. The molecule has 1 N–H and O–H groups in total. The minimum Gasteiger partial charge on any atom is -0.390 e. The van der Waals surface area contributed by atoms with Gasteiger partial charge in [0.25, 0.3) is 0 Å². The second-order valence-electron chi connectivity index (χ2n) is 9.75. The molecule has 144 valence electrons. The van der Waals surface area contributed by atoms with Crippen LogP contribution >= 0.6 is 0 Å². The monoisotopic (exact) mass is 342 g/mol. The lowest BCUT2D eigenvalue weighted by molar-refractivity contribution is 0.00225. The van der Waals surface area contributed by atoms with Crippen molar-refractivity contribution in [3.05, 3.63) is 0 Å². The molecule has 0 aliphatic heterocycles. The quantitative estimate of drug-likeness (QED) is 0.681. The van der Waals surface area contributed by atoms with Crippen LogP contribution < -0.4 is 0 Å². The molecular formula is C20H42N2O2. The molecule has 0 fully saturated rings. The van der Waals surface area contributed by atoms with Crippen LogP contribution in [0, 0.1) is 5.41 Å². The van der Waals surface area contributed by atoms with Gasteiger partial charge in [-0.15, -0.1) is 0 Å². The van der Waals surface area contributed by atoms with Crippen LogP contribution in [0.5, 0.6) is 0 Å². The summed E-state index contributed by atoms with van der Waals surface area (Å²) in [5.41, 5.74) is -1.22. The molecule has 0 saturated carbocycles. The van der Waals surface area contributed by atoms with Gasteiger partial charge in [0.15, 0.2) is 0 Å². The Hall–Kier alpha value is -0.770. The van der Waals surface area contributed by atoms with Crippen molar-refractivity contribution in [3.63, 3.8) is 0 Å². The molecule has 0 saturated heterocycles. The van der Waals surface area contributed by atoms with E-state index in [1.807, 2.05) is 23.9 Å². The van der Waals surface area contributed by atoms with Crippen LogP contribution in [0.1, 0.15) is 88.0 Å². The lowest BCUT2D eigenvalue weighted by atomic mass is 9.77. The predicted molar refractivity (Wildman–Crippen MR) is 103 cm³/mol. The molecule has 0 aromatic heterocycles. The SMILES string of the molecule is CCC(C)(C)CC(C)(C)N(C)C(=O)N(C)C(C)(CC)CC(C)(C)O. The van der Waals surface area contributed by atoms with Crippen LogP contribution in [0.2, 0.25) is 0 Å². The lowest BCUT2D eigenvalue weighted by Crippen LogP contribution is -2.58. The van der Waals surface area contributed by atoms with Gasteiger partial charge in [0.2, 0.25) is 0 Å². The van der Waals surface area contributed by atoms with Crippen molar-refractivity contribution in [1.82, 2.24) is 9.80 Å². The summed E-state index contributed by atoms with van der Waals surface area (Å²) in [5.74, 6) is 0. The Balaban J connectivity index is 5.36. The Morgan fingerprint density at radius 3 is 1.62 bits per heavy atom. The van der Waals surface area contributed by atoms with Crippen LogP contribution in [0.15, 0.2) is 0 Å². The first-order chi connectivity index (χ1) is 10.5. The van der Waals surface area contributed by atoms with E-state index in [1.54, 1.807) is 13.8 Å². The van der Waals surface area contributed by atoms with Crippen molar-refractivity contribution >= 4 is 6.03 Å². The molecule has 1 atom stereocenters. The Bertz CT molecular complexity index is 424. The summed E-state index contributed by atoms with van der Waals surface area (Å²) in [6, 6.07) is 0.0144. The maximum absolute atomic E-state index is 13.1. The first kappa shape index (κ1) is 23.2. The van der Waals surface area contributed by atoms with E-state index < -0.39 is 5.60 Å². The molecule has 0 rings (SSSR count). The summed E-state index contributed by atoms with van der Waals surface area (Å²) in [6.07, 6.45) is 3.38. The zero-order valence-corrected chi connectivity index (χ0v) is 18.1. The average Bonchev–Trinajstić information content (AvgIpc) is 2.41. The number of carbonyl (C=O) groups excluding carboxylic acids is 1. The van der Waals surface area contributed by atoms with E-state index in [2.05, 4.69) is 48.5 Å². The fourth-order valence-corrected chi connectivity index (χ4v) is 3.54. The predicted octanol–water partition coefficient (Wildman–Crippen LogP) is 4.90. The summed E-state index contributed by atoms with van der Waals surface area (Å²) in [7, 11) is 3.75. The van der Waals surface area contributed by atoms with Gasteiger partial charge in [-0.2, -0.15) is 0 Å². The van der Waals surface area contributed by atoms with Gasteiger partial charge in [-0.25, -0.2) is 4.79 Å². The van der Waals surface area contributed by atoms with Gasteiger partial charge in [-0.3, -0.25) is 0 Å². The van der Waals surface area contributed by atoms with Crippen molar-refractivity contribution in [2.24, 2.45) is 5.41 Å². The van der Waals surface area contributed by atoms with E-state index in [0.29, 0.717) is 6.42 Å². The number of hydrogen-bond donors (Lipinski definition) is 1. The molecule has 0 bridgehead atoms. The fourth-order valence-electron chi connectivity index (χ4n) is 3.54. The smallest absolute Gasteiger partial charge is 0.320 e. The standard InChI is InChI=1S/C20H42N2O2/c1-12-17(3,4)14-18(5,6)21(10)16(23)22(11)20(9,13-2)15-19(7,8)24/h24H,12-15H2,1-11H3. The van der Waals surface area contributed by atoms with Crippen molar-refractivity contribution < 1.29 is 9.90 Å². The molecule has 0 radical (unpaired) electrons. The van der Waals surface area contributed by atoms with Crippen LogP contribution in [0.25, 0.3) is 0 Å². The maximum atomic E-state index is 13.1. The van der Waals surface area contributed by atoms with E-state index >= 15 is 0 Å². The highest BCUT2D eigenvalue weighted by molar-refractivity contribution is 5.75. The van der Waals surface area contributed by atoms with Gasteiger partial charge in [-0.1, -0.05) is 34.1 Å². The van der Waals surface area contributed by atoms with E-state index in [0.717, 1.165) is 19.3 Å². The van der Waals surface area contributed by atoms with E-state index in [4.69, 9.17) is 0 Å². The van der Waals surface area contributed by atoms with Gasteiger partial charge >= 0.3 is 6.03 Å². The number of rotatable bonds is 8. The highest BCUT2D eigenvalue weighted by Gasteiger charge is 2.40. The third-order valence-electron chi connectivity index (χ3n) is 5.73. The van der Waals surface area contributed by atoms with Gasteiger partial charge in [0.05, 0.1) is 5.60 Å². The molecule has 0 aliphatic rings. The number of amides is 2. The molecule has 0 spiro atoms. The van der Waals surface area contributed by atoms with Gasteiger partial charge in [-0.05, 0) is 59.3 Å². The molecule has 4 nitrogen and oxygen atoms in total. The summed E-state index contributed by atoms with van der Waals surface area (Å²) in [4.78, 5) is 16.8. The second kappa shape index (κ2) is 7.63. The number of aliphatic hydroxyl groups is 1. The molecule has 4 heteroatoms. The van der Waals surface area contributed by atoms with Crippen LogP contribution in [0.4, 0.5) is 4.79 Å². The highest BCUT2D eigenvalue weighted by Crippen LogP contribution is 2.35. The third-order valence-corrected chi connectivity index (χ3v) is 5.73. The van der Waals surface area contributed by atoms with Gasteiger partial charge in [0.1, 0.15) is 0 Å². The number of hydrogen-bond acceptors (Lipinski definition) is 2. The fraction of sp³-hybridized carbons (Fsp3) is 0.950. The topological polar surface area (TPSA) is 43.8 Å². The normalized spacial score (nSPS) is 15.8. The molecule has 0 aliphatic carbocycles. The van der Waals surface area contributed by atoms with Gasteiger partial charge in [0, 0.05) is 25.2 Å². The van der Waals surface area contributed by atoms with E-state index in [1.165, 1.54) is 0 Å². The number of nitrogens with zero attached hydrogens (tertiary/aromatic N) is 2. The van der Waals surface area contributed by atoms with Gasteiger partial charge < -0.3 is 14.9 Å². The average molecular weight is 343 g/mol. The molecule has 2 amide bonds. The number of carbonyl (C=O) groups is 1. The zero-order valence-electron chi connectivity index (χ0n) is 18.1. The summed E-state index contributed by atoms with van der Waals surface area (Å²) >= 11 is 0. The zero-order chi connectivity index (χ0) is 19.6. The molecule has 0 aromatic carbocycles. The molecular weight excluding hydrogens is 300 g/mol. The second-order valence-corrected chi connectivity index (χ2v) is 9.75. The Morgan fingerprint density at radius 1 is 0.833 bits per heavy atom. The maximum Gasteiger partial charge on any atom is 0.320 e. The van der Waals surface area contributed by atoms with E-state index in [9.17, 15) is 9.90 Å². The molecule has 0 heterocycles. The van der Waals surface area contributed by atoms with Crippen molar-refractivity contribution in [2.45, 2.75) is 105 Å². The first-order valence-electron chi connectivity index (χ1n) is 9.25. The molecule has 24 heavy (non-hydrogen) atoms. The summed E-state index contributed by atoms with van der Waals surface area (Å²) in [5, 5.41) is 10.2. The summed E-state index contributed by atoms with van der Waals surface area (Å²) in [6.45, 7) is 18.7. The molecule has 0 aromatic rings. The minimum atomic E-state index is -0.808. The lowest BCUT2D eigenvalue weighted by Gasteiger charge is -2.47. The highest BCUT2D eigenvalue weighted by atomic mass is 16.3. The Kier molecular flexibility index (Phi) is 7.39. The third kappa shape index (κ3) is 6.27. The largest absolute Gasteiger partial charge is 0.390 e. The van der Waals surface area contributed by atoms with Crippen LogP contribution in [-0.2, 0) is 0 Å². The van der Waals surface area contributed by atoms with Crippen molar-refractivity contribution in [3.8, 4) is 0 Å². The van der Waals surface area contributed by atoms with Crippen molar-refractivity contribution in [2.75, 3.05) is 14.1 Å². The Labute approximate surface area is 150 Å². The number of urea groups is 1. The van der Waals surface area contributed by atoms with E-state index in [-0.39, 0.29) is 22.5 Å². The Morgan fingerprint density at radius 2 is 1.29 bits per heavy atom.